The third-order valence-corrected chi connectivity index (χ3v) is 4.84. The summed E-state index contributed by atoms with van der Waals surface area (Å²) in [5.41, 5.74) is 1.46. The quantitative estimate of drug-likeness (QED) is 0.670. The molecule has 2 aromatic carbocycles. The summed E-state index contributed by atoms with van der Waals surface area (Å²) in [7, 11) is 0. The van der Waals surface area contributed by atoms with E-state index in [0.29, 0.717) is 18.0 Å². The summed E-state index contributed by atoms with van der Waals surface area (Å²) in [5, 5.41) is 5.49. The fourth-order valence-electron chi connectivity index (χ4n) is 3.33. The van der Waals surface area contributed by atoms with Gasteiger partial charge in [-0.25, -0.2) is 4.79 Å². The summed E-state index contributed by atoms with van der Waals surface area (Å²) in [4.78, 5) is 38.6. The van der Waals surface area contributed by atoms with Crippen LogP contribution in [0.25, 0.3) is 0 Å². The highest BCUT2D eigenvalue weighted by Gasteiger charge is 2.40. The Labute approximate surface area is 170 Å². The van der Waals surface area contributed by atoms with Crippen molar-refractivity contribution in [2.75, 3.05) is 11.9 Å². The number of rotatable bonds is 8. The molecule has 3 rings (SSSR count). The number of carbonyl (C=O) groups is 3. The monoisotopic (exact) mass is 395 g/mol. The molecule has 1 saturated heterocycles. The Hall–Kier alpha value is -3.35. The molecule has 0 saturated carbocycles. The molecule has 1 fully saturated rings. The minimum atomic E-state index is -0.707. The van der Waals surface area contributed by atoms with Gasteiger partial charge in [-0.05, 0) is 38.0 Å². The second-order valence-corrected chi connectivity index (χ2v) is 6.81. The van der Waals surface area contributed by atoms with Crippen LogP contribution in [0.4, 0.5) is 10.5 Å². The molecule has 7 nitrogen and oxygen atoms in total. The van der Waals surface area contributed by atoms with Gasteiger partial charge in [0.1, 0.15) is 11.8 Å². The Bertz CT molecular complexity index is 885. The van der Waals surface area contributed by atoms with Crippen LogP contribution in [0, 0.1) is 0 Å². The maximum atomic E-state index is 12.7. The van der Waals surface area contributed by atoms with Crippen molar-refractivity contribution in [3.8, 4) is 5.75 Å². The molecule has 0 unspecified atom stereocenters. The molecule has 4 amide bonds. The SMILES string of the molecule is CCOc1ccccc1NC(=O)CC[C@@H]1NC(=O)N([C@H](C)c2ccccc2)C1=O. The molecule has 0 aromatic heterocycles. The van der Waals surface area contributed by atoms with Crippen molar-refractivity contribution in [2.24, 2.45) is 0 Å². The molecule has 2 N–H and O–H groups in total. The number of carbonyl (C=O) groups excluding carboxylic acids is 3. The number of anilines is 1. The highest BCUT2D eigenvalue weighted by atomic mass is 16.5. The molecule has 1 aliphatic heterocycles. The minimum Gasteiger partial charge on any atom is -0.492 e. The van der Waals surface area contributed by atoms with Crippen LogP contribution in [0.3, 0.4) is 0 Å². The van der Waals surface area contributed by atoms with E-state index in [-0.39, 0.29) is 30.7 Å². The first kappa shape index (κ1) is 20.4. The number of para-hydroxylation sites is 2. The van der Waals surface area contributed by atoms with Crippen molar-refractivity contribution in [1.29, 1.82) is 0 Å². The van der Waals surface area contributed by atoms with Gasteiger partial charge in [0.05, 0.1) is 18.3 Å². The normalized spacial score (nSPS) is 17.0. The van der Waals surface area contributed by atoms with E-state index in [1.165, 1.54) is 4.90 Å². The molecule has 7 heteroatoms. The first-order valence-corrected chi connectivity index (χ1v) is 9.71. The molecule has 0 spiro atoms. The second-order valence-electron chi connectivity index (χ2n) is 6.81. The summed E-state index contributed by atoms with van der Waals surface area (Å²) in [6.07, 6.45) is 0.329. The lowest BCUT2D eigenvalue weighted by atomic mass is 10.1. The summed E-state index contributed by atoms with van der Waals surface area (Å²) in [6, 6.07) is 15.0. The van der Waals surface area contributed by atoms with Crippen molar-refractivity contribution < 1.29 is 19.1 Å². The Kier molecular flexibility index (Phi) is 6.49. The molecular weight excluding hydrogens is 370 g/mol. The molecule has 0 bridgehead atoms. The standard InChI is InChI=1S/C22H25N3O4/c1-3-29-19-12-8-7-11-17(19)23-20(26)14-13-18-21(27)25(22(28)24-18)15(2)16-9-5-4-6-10-16/h4-12,15,18H,3,13-14H2,1-2H3,(H,23,26)(H,24,28)/t15-,18+/m1/s1. The number of imide groups is 1. The number of hydrogen-bond acceptors (Lipinski definition) is 4. The zero-order valence-corrected chi connectivity index (χ0v) is 16.6. The van der Waals surface area contributed by atoms with Crippen LogP contribution in [0.15, 0.2) is 54.6 Å². The van der Waals surface area contributed by atoms with Gasteiger partial charge in [0, 0.05) is 6.42 Å². The van der Waals surface area contributed by atoms with E-state index in [0.717, 1.165) is 5.56 Å². The number of nitrogens with zero attached hydrogens (tertiary/aromatic N) is 1. The number of benzene rings is 2. The summed E-state index contributed by atoms with van der Waals surface area (Å²) in [5.74, 6) is 0.0408. The van der Waals surface area contributed by atoms with Crippen LogP contribution in [-0.2, 0) is 9.59 Å². The maximum Gasteiger partial charge on any atom is 0.325 e. The second kappa shape index (κ2) is 9.23. The Morgan fingerprint density at radius 3 is 2.55 bits per heavy atom. The van der Waals surface area contributed by atoms with Crippen molar-refractivity contribution in [2.45, 2.75) is 38.8 Å². The van der Waals surface area contributed by atoms with Crippen molar-refractivity contribution >= 4 is 23.5 Å². The molecule has 29 heavy (non-hydrogen) atoms. The number of urea groups is 1. The fourth-order valence-corrected chi connectivity index (χ4v) is 3.33. The molecule has 0 aliphatic carbocycles. The third-order valence-electron chi connectivity index (χ3n) is 4.84. The Balaban J connectivity index is 1.58. The van der Waals surface area contributed by atoms with Crippen LogP contribution >= 0.6 is 0 Å². The van der Waals surface area contributed by atoms with Gasteiger partial charge >= 0.3 is 6.03 Å². The number of hydrogen-bond donors (Lipinski definition) is 2. The van der Waals surface area contributed by atoms with E-state index < -0.39 is 12.1 Å². The lowest BCUT2D eigenvalue weighted by molar-refractivity contribution is -0.129. The fraction of sp³-hybridized carbons (Fsp3) is 0.318. The first-order chi connectivity index (χ1) is 14.0. The number of nitrogens with one attached hydrogen (secondary N) is 2. The van der Waals surface area contributed by atoms with Gasteiger partial charge in [-0.3, -0.25) is 14.5 Å². The van der Waals surface area contributed by atoms with Crippen LogP contribution in [0.5, 0.6) is 5.75 Å². The molecule has 2 aromatic rings. The maximum absolute atomic E-state index is 12.7. The van der Waals surface area contributed by atoms with E-state index in [1.54, 1.807) is 12.1 Å². The van der Waals surface area contributed by atoms with Crippen molar-refractivity contribution in [1.82, 2.24) is 10.2 Å². The Morgan fingerprint density at radius 1 is 1.14 bits per heavy atom. The van der Waals surface area contributed by atoms with Gasteiger partial charge in [0.15, 0.2) is 0 Å². The topological polar surface area (TPSA) is 87.7 Å². The van der Waals surface area contributed by atoms with Crippen LogP contribution in [0.1, 0.15) is 38.3 Å². The van der Waals surface area contributed by atoms with Crippen LogP contribution < -0.4 is 15.4 Å². The average Bonchev–Trinajstić information content (AvgIpc) is 3.01. The van der Waals surface area contributed by atoms with Crippen molar-refractivity contribution in [3.05, 3.63) is 60.2 Å². The van der Waals surface area contributed by atoms with E-state index in [9.17, 15) is 14.4 Å². The van der Waals surface area contributed by atoms with E-state index in [2.05, 4.69) is 10.6 Å². The summed E-state index contributed by atoms with van der Waals surface area (Å²) >= 11 is 0. The van der Waals surface area contributed by atoms with Crippen LogP contribution in [0.2, 0.25) is 0 Å². The lowest BCUT2D eigenvalue weighted by Crippen LogP contribution is -2.34. The zero-order valence-electron chi connectivity index (χ0n) is 16.6. The highest BCUT2D eigenvalue weighted by molar-refractivity contribution is 6.05. The van der Waals surface area contributed by atoms with Gasteiger partial charge in [-0.1, -0.05) is 42.5 Å². The lowest BCUT2D eigenvalue weighted by Gasteiger charge is -2.21. The van der Waals surface area contributed by atoms with E-state index in [1.807, 2.05) is 56.3 Å². The molecule has 1 aliphatic rings. The smallest absolute Gasteiger partial charge is 0.325 e. The third kappa shape index (κ3) is 4.74. The first-order valence-electron chi connectivity index (χ1n) is 9.71. The molecule has 1 heterocycles. The predicted molar refractivity (Wildman–Crippen MR) is 109 cm³/mol. The molecular formula is C22H25N3O4. The largest absolute Gasteiger partial charge is 0.492 e. The minimum absolute atomic E-state index is 0.102. The van der Waals surface area contributed by atoms with Crippen molar-refractivity contribution in [3.63, 3.8) is 0 Å². The van der Waals surface area contributed by atoms with Gasteiger partial charge in [0.25, 0.3) is 5.91 Å². The van der Waals surface area contributed by atoms with Gasteiger partial charge < -0.3 is 15.4 Å². The average molecular weight is 395 g/mol. The Morgan fingerprint density at radius 2 is 1.83 bits per heavy atom. The van der Waals surface area contributed by atoms with Gasteiger partial charge in [0.2, 0.25) is 5.91 Å². The van der Waals surface area contributed by atoms with Gasteiger partial charge in [-0.2, -0.15) is 0 Å². The number of amides is 4. The number of ether oxygens (including phenoxy) is 1. The van der Waals surface area contributed by atoms with Gasteiger partial charge in [-0.15, -0.1) is 0 Å². The molecule has 0 radical (unpaired) electrons. The summed E-state index contributed by atoms with van der Waals surface area (Å²) < 4.78 is 5.50. The van der Waals surface area contributed by atoms with E-state index in [4.69, 9.17) is 4.74 Å². The van der Waals surface area contributed by atoms with Crippen LogP contribution in [-0.4, -0.2) is 35.4 Å². The van der Waals surface area contributed by atoms with E-state index >= 15 is 0 Å². The predicted octanol–water partition coefficient (Wildman–Crippen LogP) is 3.49. The highest BCUT2D eigenvalue weighted by Crippen LogP contribution is 2.26. The molecule has 152 valence electrons. The summed E-state index contributed by atoms with van der Waals surface area (Å²) in [6.45, 7) is 4.17. The molecule has 2 atom stereocenters. The zero-order chi connectivity index (χ0) is 20.8.